The van der Waals surface area contributed by atoms with E-state index in [2.05, 4.69) is 25.9 Å². The van der Waals surface area contributed by atoms with Crippen molar-refractivity contribution in [1.82, 2.24) is 30.8 Å². The fourth-order valence-corrected chi connectivity index (χ4v) is 5.25. The maximum atomic E-state index is 12.9. The first kappa shape index (κ1) is 27.1. The van der Waals surface area contributed by atoms with Crippen molar-refractivity contribution in [2.24, 2.45) is 5.92 Å². The molecule has 1 aromatic heterocycles. The van der Waals surface area contributed by atoms with E-state index in [0.717, 1.165) is 35.1 Å². The third kappa shape index (κ3) is 5.22. The molecule has 38 heavy (non-hydrogen) atoms. The van der Waals surface area contributed by atoms with Crippen molar-refractivity contribution in [2.45, 2.75) is 52.2 Å². The summed E-state index contributed by atoms with van der Waals surface area (Å²) < 4.78 is 5.33. The van der Waals surface area contributed by atoms with Crippen LogP contribution in [0.4, 0.5) is 0 Å². The van der Waals surface area contributed by atoms with E-state index in [-0.39, 0.29) is 24.0 Å². The molecule has 0 amide bonds. The first-order chi connectivity index (χ1) is 18.3. The van der Waals surface area contributed by atoms with Crippen LogP contribution in [-0.4, -0.2) is 54.8 Å². The Morgan fingerprint density at radius 1 is 1.13 bits per heavy atom. The summed E-state index contributed by atoms with van der Waals surface area (Å²) >= 11 is 6.47. The van der Waals surface area contributed by atoms with Crippen LogP contribution >= 0.6 is 11.6 Å². The molecule has 0 aliphatic carbocycles. The molecule has 0 saturated heterocycles. The Morgan fingerprint density at radius 2 is 1.84 bits per heavy atom. The second-order valence-corrected chi connectivity index (χ2v) is 9.54. The van der Waals surface area contributed by atoms with Gasteiger partial charge in [0, 0.05) is 12.1 Å². The summed E-state index contributed by atoms with van der Waals surface area (Å²) in [5.41, 5.74) is 2.46. The van der Waals surface area contributed by atoms with Crippen LogP contribution in [-0.2, 0) is 20.9 Å². The van der Waals surface area contributed by atoms with Gasteiger partial charge in [0.1, 0.15) is 10.8 Å². The van der Waals surface area contributed by atoms with E-state index in [1.165, 1.54) is 0 Å². The quantitative estimate of drug-likeness (QED) is 0.238. The number of unbranched alkanes of at least 4 members (excludes halogenated alkanes) is 1. The van der Waals surface area contributed by atoms with Crippen LogP contribution in [0.2, 0.25) is 0 Å². The van der Waals surface area contributed by atoms with Gasteiger partial charge in [-0.05, 0) is 48.6 Å². The number of halogens is 1. The van der Waals surface area contributed by atoms with E-state index in [1.807, 2.05) is 55.5 Å². The molecule has 1 aliphatic heterocycles. The van der Waals surface area contributed by atoms with Crippen LogP contribution < -0.4 is 5.32 Å². The lowest BCUT2D eigenvalue weighted by molar-refractivity contribution is -0.155. The van der Waals surface area contributed by atoms with E-state index >= 15 is 0 Å². The molecule has 2 aromatic carbocycles. The van der Waals surface area contributed by atoms with Gasteiger partial charge in [-0.15, -0.1) is 10.2 Å². The van der Waals surface area contributed by atoms with Crippen molar-refractivity contribution in [3.63, 3.8) is 0 Å². The Morgan fingerprint density at radius 3 is 2.45 bits per heavy atom. The van der Waals surface area contributed by atoms with E-state index in [0.29, 0.717) is 12.2 Å². The number of carbonyl (C=O) groups is 2. The second-order valence-electron chi connectivity index (χ2n) is 9.16. The summed E-state index contributed by atoms with van der Waals surface area (Å²) in [6.45, 7) is 5.99. The van der Waals surface area contributed by atoms with Crippen LogP contribution in [0.3, 0.4) is 0 Å². The third-order valence-corrected chi connectivity index (χ3v) is 7.15. The van der Waals surface area contributed by atoms with Crippen LogP contribution in [0.15, 0.2) is 59.4 Å². The number of nitrogens with one attached hydrogen (secondary N) is 2. The number of H-pyrrole nitrogens is 1. The van der Waals surface area contributed by atoms with Gasteiger partial charge in [0.15, 0.2) is 5.70 Å². The van der Waals surface area contributed by atoms with Gasteiger partial charge in [-0.25, -0.2) is 4.79 Å². The Labute approximate surface area is 226 Å². The first-order valence-electron chi connectivity index (χ1n) is 12.6. The molecule has 200 valence electrons. The Kier molecular flexibility index (Phi) is 8.31. The topological polar surface area (TPSA) is 133 Å². The van der Waals surface area contributed by atoms with Crippen molar-refractivity contribution in [3.8, 4) is 22.5 Å². The Bertz CT molecular complexity index is 1310. The van der Waals surface area contributed by atoms with Crippen LogP contribution in [0.1, 0.15) is 45.6 Å². The number of rotatable bonds is 11. The van der Waals surface area contributed by atoms with Gasteiger partial charge in [0.2, 0.25) is 5.82 Å². The minimum absolute atomic E-state index is 0.00964. The largest absolute Gasteiger partial charge is 0.476 e. The zero-order valence-electron chi connectivity index (χ0n) is 21.6. The van der Waals surface area contributed by atoms with E-state index in [4.69, 9.17) is 16.3 Å². The van der Waals surface area contributed by atoms with Crippen LogP contribution in [0.5, 0.6) is 0 Å². The highest BCUT2D eigenvalue weighted by Crippen LogP contribution is 2.41. The number of carboxylic acids is 1. The van der Waals surface area contributed by atoms with Gasteiger partial charge >= 0.3 is 11.9 Å². The van der Waals surface area contributed by atoms with Gasteiger partial charge in [0.25, 0.3) is 0 Å². The van der Waals surface area contributed by atoms with E-state index < -0.39 is 23.5 Å². The van der Waals surface area contributed by atoms with Crippen LogP contribution in [0.25, 0.3) is 22.5 Å². The van der Waals surface area contributed by atoms with Gasteiger partial charge < -0.3 is 20.1 Å². The number of aliphatic carboxylic acids is 1. The number of carboxylic acid groups (broad SMARTS) is 1. The molecule has 0 fully saturated rings. The zero-order valence-corrected chi connectivity index (χ0v) is 22.3. The summed E-state index contributed by atoms with van der Waals surface area (Å²) in [5.74, 6) is -1.76. The minimum atomic E-state index is -1.16. The van der Waals surface area contributed by atoms with E-state index in [1.54, 1.807) is 18.7 Å². The van der Waals surface area contributed by atoms with Gasteiger partial charge in [-0.2, -0.15) is 5.21 Å². The molecular formula is C27H31ClN6O4. The van der Waals surface area contributed by atoms with Crippen molar-refractivity contribution in [1.29, 1.82) is 0 Å². The maximum Gasteiger partial charge on any atom is 0.355 e. The summed E-state index contributed by atoms with van der Waals surface area (Å²) in [7, 11) is 0. The summed E-state index contributed by atoms with van der Waals surface area (Å²) in [4.78, 5) is 26.9. The molecule has 0 radical (unpaired) electrons. The second kappa shape index (κ2) is 11.6. The highest BCUT2D eigenvalue weighted by molar-refractivity contribution is 6.31. The van der Waals surface area contributed by atoms with Gasteiger partial charge in [-0.1, -0.05) is 73.5 Å². The number of hydrogen-bond donors (Lipinski definition) is 3. The Hall–Kier alpha value is -3.92. The average Bonchev–Trinajstić information content (AvgIpc) is 3.54. The molecule has 2 atom stereocenters. The molecule has 11 heteroatoms. The molecule has 4 rings (SSSR count). The van der Waals surface area contributed by atoms with Crippen LogP contribution in [0, 0.1) is 5.92 Å². The molecule has 0 saturated carbocycles. The SMILES string of the molecule is CCCCC1(C(C)C(=O)OCC)NC(Cl)=C(C(=O)O)N1Cc1ccc(-c2ccccc2-c2nn[nH]n2)cc1. The highest BCUT2D eigenvalue weighted by Gasteiger charge is 2.52. The van der Waals surface area contributed by atoms with Crippen molar-refractivity contribution in [2.75, 3.05) is 6.61 Å². The van der Waals surface area contributed by atoms with E-state index in [9.17, 15) is 14.7 Å². The molecule has 3 N–H and O–H groups in total. The number of tetrazole rings is 1. The standard InChI is InChI=1S/C27H31ClN6O4/c1-4-6-15-27(17(3)26(37)38-5-2)29-23(28)22(25(35)36)34(27)16-18-11-13-19(14-12-18)20-9-7-8-10-21(20)24-30-32-33-31-24/h7-14,17,29H,4-6,15-16H2,1-3H3,(H,35,36)(H,30,31,32,33). The molecular weight excluding hydrogens is 508 g/mol. The number of nitrogens with zero attached hydrogens (tertiary/aromatic N) is 4. The molecule has 0 spiro atoms. The average molecular weight is 539 g/mol. The number of ether oxygens (including phenoxy) is 1. The number of esters is 1. The van der Waals surface area contributed by atoms with Crippen molar-refractivity contribution in [3.05, 3.63) is 64.9 Å². The van der Waals surface area contributed by atoms with Gasteiger partial charge in [-0.3, -0.25) is 4.79 Å². The summed E-state index contributed by atoms with van der Waals surface area (Å²) in [6, 6.07) is 15.6. The number of aromatic nitrogens is 4. The number of benzene rings is 2. The highest BCUT2D eigenvalue weighted by atomic mass is 35.5. The summed E-state index contributed by atoms with van der Waals surface area (Å²) in [5, 5.41) is 27.6. The molecule has 1 aliphatic rings. The van der Waals surface area contributed by atoms with Crippen molar-refractivity contribution < 1.29 is 19.4 Å². The number of aromatic amines is 1. The predicted molar refractivity (Wildman–Crippen MR) is 142 cm³/mol. The lowest BCUT2D eigenvalue weighted by atomic mass is 9.87. The smallest absolute Gasteiger partial charge is 0.355 e. The molecule has 2 unspecified atom stereocenters. The minimum Gasteiger partial charge on any atom is -0.476 e. The zero-order chi connectivity index (χ0) is 27.3. The normalized spacial score (nSPS) is 17.8. The lowest BCUT2D eigenvalue weighted by Crippen LogP contribution is -2.59. The predicted octanol–water partition coefficient (Wildman–Crippen LogP) is 4.52. The third-order valence-electron chi connectivity index (χ3n) is 6.88. The monoisotopic (exact) mass is 538 g/mol. The molecule has 10 nitrogen and oxygen atoms in total. The first-order valence-corrected chi connectivity index (χ1v) is 13.0. The lowest BCUT2D eigenvalue weighted by Gasteiger charge is -2.44. The number of hydrogen-bond acceptors (Lipinski definition) is 8. The van der Waals surface area contributed by atoms with Crippen molar-refractivity contribution >= 4 is 23.5 Å². The molecule has 3 aromatic rings. The van der Waals surface area contributed by atoms with Gasteiger partial charge in [0.05, 0.1) is 12.5 Å². The maximum absolute atomic E-state index is 12.9. The summed E-state index contributed by atoms with van der Waals surface area (Å²) in [6.07, 6.45) is 2.13. The molecule has 0 bridgehead atoms. The fourth-order valence-electron chi connectivity index (χ4n) is 4.91. The molecule has 2 heterocycles. The Balaban J connectivity index is 1.69. The fraction of sp³-hybridized carbons (Fsp3) is 0.370. The number of carbonyl (C=O) groups excluding carboxylic acids is 1.